The molecular formula is C48H30N2S. The lowest BCUT2D eigenvalue weighted by Crippen LogP contribution is -1.95. The lowest BCUT2D eigenvalue weighted by atomic mass is 9.89. The Bertz CT molecular complexity index is 2860. The molecule has 0 aliphatic rings. The van der Waals surface area contributed by atoms with Crippen molar-refractivity contribution in [3.8, 4) is 55.5 Å². The number of hydrogen-bond donors (Lipinski definition) is 0. The number of benzene rings is 8. The summed E-state index contributed by atoms with van der Waals surface area (Å²) in [4.78, 5) is 11.5. The van der Waals surface area contributed by atoms with E-state index in [9.17, 15) is 0 Å². The van der Waals surface area contributed by atoms with Gasteiger partial charge in [0.05, 0.1) is 16.3 Å². The van der Waals surface area contributed by atoms with Crippen LogP contribution in [0.4, 0.5) is 0 Å². The highest BCUT2D eigenvalue weighted by Gasteiger charge is 2.16. The normalized spacial score (nSPS) is 11.5. The Morgan fingerprint density at radius 2 is 0.941 bits per heavy atom. The molecule has 2 heterocycles. The van der Waals surface area contributed by atoms with Gasteiger partial charge in [0.15, 0.2) is 5.82 Å². The zero-order chi connectivity index (χ0) is 33.7. The third kappa shape index (κ3) is 5.27. The minimum absolute atomic E-state index is 0.715. The number of aromatic nitrogens is 2. The minimum Gasteiger partial charge on any atom is -0.228 e. The van der Waals surface area contributed by atoms with Crippen molar-refractivity contribution in [2.75, 3.05) is 0 Å². The third-order valence-corrected chi connectivity index (χ3v) is 11.0. The molecule has 0 saturated carbocycles. The van der Waals surface area contributed by atoms with Gasteiger partial charge in [-0.1, -0.05) is 158 Å². The summed E-state index contributed by atoms with van der Waals surface area (Å²) >= 11 is 1.77. The Morgan fingerprint density at radius 1 is 0.333 bits per heavy atom. The van der Waals surface area contributed by atoms with Gasteiger partial charge in [-0.15, -0.1) is 11.3 Å². The van der Waals surface area contributed by atoms with E-state index < -0.39 is 0 Å². The Morgan fingerprint density at radius 3 is 1.75 bits per heavy atom. The minimum atomic E-state index is 0.715. The van der Waals surface area contributed by atoms with Crippen molar-refractivity contribution in [2.45, 2.75) is 0 Å². The largest absolute Gasteiger partial charge is 0.228 e. The van der Waals surface area contributed by atoms with E-state index in [0.717, 1.165) is 27.4 Å². The van der Waals surface area contributed by atoms with Gasteiger partial charge in [0.25, 0.3) is 0 Å². The van der Waals surface area contributed by atoms with Gasteiger partial charge >= 0.3 is 0 Å². The van der Waals surface area contributed by atoms with Crippen molar-refractivity contribution >= 4 is 53.7 Å². The fraction of sp³-hybridized carbons (Fsp3) is 0. The maximum atomic E-state index is 5.20. The van der Waals surface area contributed by atoms with E-state index in [-0.39, 0.29) is 0 Å². The highest BCUT2D eigenvalue weighted by molar-refractivity contribution is 7.22. The van der Waals surface area contributed by atoms with Crippen LogP contribution < -0.4 is 0 Å². The molecule has 0 bridgehead atoms. The Balaban J connectivity index is 1.11. The molecule has 10 aromatic rings. The lowest BCUT2D eigenvalue weighted by Gasteiger charge is -2.14. The van der Waals surface area contributed by atoms with Crippen LogP contribution in [0, 0.1) is 0 Å². The summed E-state index contributed by atoms with van der Waals surface area (Å²) in [6, 6.07) is 65.1. The van der Waals surface area contributed by atoms with Gasteiger partial charge in [-0.05, 0) is 84.2 Å². The smallest absolute Gasteiger partial charge is 0.160 e. The van der Waals surface area contributed by atoms with Crippen LogP contribution in [-0.2, 0) is 0 Å². The van der Waals surface area contributed by atoms with E-state index in [4.69, 9.17) is 9.97 Å². The number of fused-ring (bicyclic) bond motifs is 5. The Labute approximate surface area is 300 Å². The summed E-state index contributed by atoms with van der Waals surface area (Å²) in [5.74, 6) is 0.715. The zero-order valence-electron chi connectivity index (χ0n) is 27.6. The van der Waals surface area contributed by atoms with E-state index in [0.29, 0.717) is 5.82 Å². The first-order valence-corrected chi connectivity index (χ1v) is 18.0. The van der Waals surface area contributed by atoms with E-state index >= 15 is 0 Å². The molecule has 51 heavy (non-hydrogen) atoms. The van der Waals surface area contributed by atoms with E-state index in [1.165, 1.54) is 64.7 Å². The molecule has 10 rings (SSSR count). The van der Waals surface area contributed by atoms with Crippen LogP contribution in [0.2, 0.25) is 0 Å². The molecule has 238 valence electrons. The second kappa shape index (κ2) is 12.2. The van der Waals surface area contributed by atoms with Gasteiger partial charge in [-0.2, -0.15) is 0 Å². The fourth-order valence-corrected chi connectivity index (χ4v) is 8.36. The summed E-state index contributed by atoms with van der Waals surface area (Å²) in [6.45, 7) is 0. The molecule has 0 aliphatic carbocycles. The van der Waals surface area contributed by atoms with Crippen LogP contribution in [0.25, 0.3) is 97.9 Å². The van der Waals surface area contributed by atoms with Gasteiger partial charge in [-0.3, -0.25) is 0 Å². The molecule has 0 spiro atoms. The monoisotopic (exact) mass is 666 g/mol. The van der Waals surface area contributed by atoms with E-state index in [2.05, 4.69) is 176 Å². The van der Waals surface area contributed by atoms with Crippen LogP contribution in [0.5, 0.6) is 0 Å². The second-order valence-electron chi connectivity index (χ2n) is 13.0. The zero-order valence-corrected chi connectivity index (χ0v) is 28.4. The first kappa shape index (κ1) is 29.5. The van der Waals surface area contributed by atoms with Crippen LogP contribution in [0.15, 0.2) is 182 Å². The SMILES string of the molecule is c1ccc(-c2ccc(-c3cc(-c4cc5ccccc5s4)nc(-c4ccc(-c5c6ccccc6cc6c5ccc5ccccc56)cc4)n3)cc2)cc1. The molecule has 2 aromatic heterocycles. The molecule has 8 aromatic carbocycles. The fourth-order valence-electron chi connectivity index (χ4n) is 7.34. The summed E-state index contributed by atoms with van der Waals surface area (Å²) in [7, 11) is 0. The van der Waals surface area contributed by atoms with Crippen LogP contribution in [0.3, 0.4) is 0 Å². The maximum absolute atomic E-state index is 5.20. The van der Waals surface area contributed by atoms with Crippen molar-refractivity contribution in [3.63, 3.8) is 0 Å². The number of hydrogen-bond acceptors (Lipinski definition) is 3. The number of nitrogens with zero attached hydrogens (tertiary/aromatic N) is 2. The highest BCUT2D eigenvalue weighted by Crippen LogP contribution is 2.40. The first-order valence-electron chi connectivity index (χ1n) is 17.2. The topological polar surface area (TPSA) is 25.8 Å². The summed E-state index contributed by atoms with van der Waals surface area (Å²) in [5, 5.41) is 8.76. The number of thiophene rings is 1. The predicted molar refractivity (Wildman–Crippen MR) is 217 cm³/mol. The van der Waals surface area contributed by atoms with E-state index in [1.807, 2.05) is 6.07 Å². The summed E-state index contributed by atoms with van der Waals surface area (Å²) in [6.07, 6.45) is 0. The van der Waals surface area contributed by atoms with E-state index in [1.54, 1.807) is 11.3 Å². The molecule has 0 aliphatic heterocycles. The molecule has 0 saturated heterocycles. The quantitative estimate of drug-likeness (QED) is 0.135. The molecule has 0 unspecified atom stereocenters. The lowest BCUT2D eigenvalue weighted by molar-refractivity contribution is 1.19. The molecular weight excluding hydrogens is 637 g/mol. The standard InChI is InChI=1S/C48H30N2S/c1-2-10-31(11-3-1)32-18-20-34(21-19-32)43-30-44(46-29-38-14-6-9-17-45(38)51-46)50-48(49-43)36-24-22-35(23-25-36)47-40-16-8-5-13-37(40)28-42-39-15-7-4-12-33(39)26-27-41(42)47/h1-30H. The van der Waals surface area contributed by atoms with Crippen molar-refractivity contribution < 1.29 is 0 Å². The van der Waals surface area contributed by atoms with Gasteiger partial charge < -0.3 is 0 Å². The second-order valence-corrected chi connectivity index (χ2v) is 14.1. The molecule has 0 fully saturated rings. The molecule has 0 radical (unpaired) electrons. The van der Waals surface area contributed by atoms with Gasteiger partial charge in [-0.25, -0.2) is 9.97 Å². The molecule has 2 nitrogen and oxygen atoms in total. The first-order chi connectivity index (χ1) is 25.2. The van der Waals surface area contributed by atoms with Gasteiger partial charge in [0, 0.05) is 15.8 Å². The molecule has 0 atom stereocenters. The van der Waals surface area contributed by atoms with Crippen molar-refractivity contribution in [3.05, 3.63) is 182 Å². The molecule has 0 N–H and O–H groups in total. The maximum Gasteiger partial charge on any atom is 0.160 e. The van der Waals surface area contributed by atoms with Gasteiger partial charge in [0.1, 0.15) is 0 Å². The van der Waals surface area contributed by atoms with Crippen molar-refractivity contribution in [1.82, 2.24) is 9.97 Å². The Kier molecular flexibility index (Phi) is 7.04. The van der Waals surface area contributed by atoms with Gasteiger partial charge in [0.2, 0.25) is 0 Å². The Hall–Kier alpha value is -6.42. The molecule has 0 amide bonds. The van der Waals surface area contributed by atoms with Crippen LogP contribution >= 0.6 is 11.3 Å². The molecule has 3 heteroatoms. The predicted octanol–water partition coefficient (Wildman–Crippen LogP) is 13.5. The number of rotatable bonds is 5. The van der Waals surface area contributed by atoms with Crippen molar-refractivity contribution in [2.24, 2.45) is 0 Å². The highest BCUT2D eigenvalue weighted by atomic mass is 32.1. The third-order valence-electron chi connectivity index (χ3n) is 9.89. The van der Waals surface area contributed by atoms with Crippen LogP contribution in [-0.4, -0.2) is 9.97 Å². The van der Waals surface area contributed by atoms with Crippen molar-refractivity contribution in [1.29, 1.82) is 0 Å². The average Bonchev–Trinajstić information content (AvgIpc) is 3.65. The summed E-state index contributed by atoms with van der Waals surface area (Å²) in [5.41, 5.74) is 8.69. The van der Waals surface area contributed by atoms with Crippen LogP contribution in [0.1, 0.15) is 0 Å². The average molecular weight is 667 g/mol. The summed E-state index contributed by atoms with van der Waals surface area (Å²) < 4.78 is 1.25.